The smallest absolute Gasteiger partial charge is 0.543 e. The number of likely N-dealkylation sites (tertiary alicyclic amines) is 1. The van der Waals surface area contributed by atoms with Gasteiger partial charge in [-0.1, -0.05) is 6.08 Å². The molecule has 1 saturated carbocycles. The molecule has 4 unspecified atom stereocenters. The van der Waals surface area contributed by atoms with Gasteiger partial charge >= 0.3 is 41.6 Å². The van der Waals surface area contributed by atoms with E-state index < -0.39 is 47.2 Å². The SMILES string of the molecule is C=CC1CC1(NC(=O)C1CC(Oc2cc(C(=O)[O-])nc3cc(OC)ccc23)CN1C(=O)OC(C)(C)C)C(=O)OCC.[Na+]. The van der Waals surface area contributed by atoms with Crippen LogP contribution in [0.5, 0.6) is 11.5 Å². The molecule has 1 aromatic heterocycles. The van der Waals surface area contributed by atoms with Crippen molar-refractivity contribution in [2.45, 2.75) is 63.8 Å². The molecule has 0 radical (unpaired) electrons. The fourth-order valence-electron chi connectivity index (χ4n) is 4.90. The van der Waals surface area contributed by atoms with Gasteiger partial charge in [0.1, 0.15) is 34.8 Å². The maximum Gasteiger partial charge on any atom is 1.00 e. The second-order valence-electron chi connectivity index (χ2n) is 11.0. The number of carbonyl (C=O) groups excluding carboxylic acids is 4. The molecular formula is C29H34N3NaO9. The first-order valence-electron chi connectivity index (χ1n) is 13.3. The van der Waals surface area contributed by atoms with Crippen LogP contribution in [0.4, 0.5) is 4.79 Å². The van der Waals surface area contributed by atoms with Gasteiger partial charge in [-0.3, -0.25) is 9.69 Å². The molecule has 42 heavy (non-hydrogen) atoms. The van der Waals surface area contributed by atoms with Crippen molar-refractivity contribution in [2.75, 3.05) is 20.3 Å². The largest absolute Gasteiger partial charge is 1.00 e. The number of nitrogens with one attached hydrogen (secondary N) is 1. The topological polar surface area (TPSA) is 156 Å². The Balaban J connectivity index is 0.00000484. The molecule has 13 heteroatoms. The Morgan fingerprint density at radius 1 is 1.24 bits per heavy atom. The summed E-state index contributed by atoms with van der Waals surface area (Å²) in [5.74, 6) is -2.29. The molecule has 2 aliphatic rings. The Labute approximate surface area is 266 Å². The van der Waals surface area contributed by atoms with Crippen LogP contribution >= 0.6 is 0 Å². The minimum Gasteiger partial charge on any atom is -0.543 e. The summed E-state index contributed by atoms with van der Waals surface area (Å²) in [6, 6.07) is 5.11. The van der Waals surface area contributed by atoms with Crippen molar-refractivity contribution in [3.63, 3.8) is 0 Å². The van der Waals surface area contributed by atoms with Crippen LogP contribution in [0.1, 0.15) is 51.0 Å². The summed E-state index contributed by atoms with van der Waals surface area (Å²) in [6.07, 6.45) is 0.502. The molecule has 12 nitrogen and oxygen atoms in total. The molecular weight excluding hydrogens is 557 g/mol. The predicted octanol–water partition coefficient (Wildman–Crippen LogP) is -1.01. The van der Waals surface area contributed by atoms with E-state index in [4.69, 9.17) is 18.9 Å². The summed E-state index contributed by atoms with van der Waals surface area (Å²) >= 11 is 0. The maximum atomic E-state index is 13.6. The van der Waals surface area contributed by atoms with Crippen LogP contribution in [0, 0.1) is 5.92 Å². The normalized spacial score (nSPS) is 22.9. The van der Waals surface area contributed by atoms with E-state index in [-0.39, 0.29) is 66.5 Å². The second kappa shape index (κ2) is 12.9. The number of hydrogen-bond acceptors (Lipinski definition) is 10. The molecule has 2 amide bonds. The number of fused-ring (bicyclic) bond motifs is 1. The fraction of sp³-hybridized carbons (Fsp3) is 0.483. The van der Waals surface area contributed by atoms with Gasteiger partial charge in [-0.05, 0) is 46.2 Å². The molecule has 4 rings (SSSR count). The van der Waals surface area contributed by atoms with Gasteiger partial charge in [0.15, 0.2) is 0 Å². The van der Waals surface area contributed by atoms with Gasteiger partial charge in [-0.25, -0.2) is 14.6 Å². The number of carboxylic acids is 1. The Hall–Kier alpha value is -3.35. The van der Waals surface area contributed by atoms with Crippen molar-refractivity contribution in [3.05, 3.63) is 42.6 Å². The van der Waals surface area contributed by atoms with E-state index in [1.807, 2.05) is 0 Å². The third-order valence-corrected chi connectivity index (χ3v) is 6.96. The Bertz CT molecular complexity index is 1390. The van der Waals surface area contributed by atoms with E-state index in [1.165, 1.54) is 18.1 Å². The number of benzene rings is 1. The first kappa shape index (κ1) is 33.2. The molecule has 1 aliphatic carbocycles. The number of amides is 2. The van der Waals surface area contributed by atoms with Crippen molar-refractivity contribution in [1.29, 1.82) is 0 Å². The monoisotopic (exact) mass is 591 g/mol. The second-order valence-corrected chi connectivity index (χ2v) is 11.0. The number of ether oxygens (including phenoxy) is 4. The number of rotatable bonds is 9. The molecule has 2 fully saturated rings. The predicted molar refractivity (Wildman–Crippen MR) is 144 cm³/mol. The van der Waals surface area contributed by atoms with Crippen LogP contribution in [0.25, 0.3) is 10.9 Å². The number of hydrogen-bond donors (Lipinski definition) is 1. The molecule has 220 valence electrons. The van der Waals surface area contributed by atoms with Crippen LogP contribution in [-0.2, 0) is 19.1 Å². The molecule has 1 aliphatic heterocycles. The third-order valence-electron chi connectivity index (χ3n) is 6.96. The van der Waals surface area contributed by atoms with Gasteiger partial charge in [-0.2, -0.15) is 0 Å². The van der Waals surface area contributed by atoms with Crippen LogP contribution in [-0.4, -0.2) is 77.4 Å². The number of methoxy groups -OCH3 is 1. The summed E-state index contributed by atoms with van der Waals surface area (Å²) in [5.41, 5.74) is -2.13. The van der Waals surface area contributed by atoms with Crippen LogP contribution in [0.15, 0.2) is 36.9 Å². The van der Waals surface area contributed by atoms with Crippen molar-refractivity contribution in [2.24, 2.45) is 5.92 Å². The van der Waals surface area contributed by atoms with Crippen molar-refractivity contribution >= 4 is 34.8 Å². The number of aromatic carboxylic acids is 1. The minimum absolute atomic E-state index is 0. The van der Waals surface area contributed by atoms with Gasteiger partial charge in [0.2, 0.25) is 5.91 Å². The van der Waals surface area contributed by atoms with Gasteiger partial charge in [0.05, 0.1) is 37.4 Å². The van der Waals surface area contributed by atoms with E-state index >= 15 is 0 Å². The number of esters is 1. The number of nitrogens with zero attached hydrogens (tertiary/aromatic N) is 2. The molecule has 4 atom stereocenters. The molecule has 1 aromatic carbocycles. The number of aromatic nitrogens is 1. The zero-order valence-electron chi connectivity index (χ0n) is 24.7. The van der Waals surface area contributed by atoms with Gasteiger partial charge in [0.25, 0.3) is 0 Å². The zero-order chi connectivity index (χ0) is 30.1. The summed E-state index contributed by atoms with van der Waals surface area (Å²) in [4.78, 5) is 56.6. The maximum absolute atomic E-state index is 13.6. The van der Waals surface area contributed by atoms with E-state index in [1.54, 1.807) is 52.0 Å². The van der Waals surface area contributed by atoms with Crippen molar-refractivity contribution in [1.82, 2.24) is 15.2 Å². The summed E-state index contributed by atoms with van der Waals surface area (Å²) in [5, 5.41) is 15.0. The number of pyridine rings is 1. The first-order valence-corrected chi connectivity index (χ1v) is 13.3. The molecule has 2 heterocycles. The van der Waals surface area contributed by atoms with Crippen LogP contribution in [0.3, 0.4) is 0 Å². The Morgan fingerprint density at radius 3 is 2.52 bits per heavy atom. The fourth-order valence-corrected chi connectivity index (χ4v) is 4.90. The van der Waals surface area contributed by atoms with E-state index in [9.17, 15) is 24.3 Å². The van der Waals surface area contributed by atoms with Gasteiger partial charge in [-0.15, -0.1) is 6.58 Å². The molecule has 2 aromatic rings. The average molecular weight is 592 g/mol. The van der Waals surface area contributed by atoms with Gasteiger partial charge in [0, 0.05) is 29.9 Å². The average Bonchev–Trinajstić information content (AvgIpc) is 3.46. The van der Waals surface area contributed by atoms with E-state index in [2.05, 4.69) is 16.9 Å². The quantitative estimate of drug-likeness (QED) is 0.218. The summed E-state index contributed by atoms with van der Waals surface area (Å²) in [7, 11) is 1.47. The number of carbonyl (C=O) groups is 4. The van der Waals surface area contributed by atoms with E-state index in [0.717, 1.165) is 0 Å². The van der Waals surface area contributed by atoms with Crippen molar-refractivity contribution in [3.8, 4) is 11.5 Å². The minimum atomic E-state index is -1.50. The molecule has 0 bridgehead atoms. The number of carboxylic acid groups (broad SMARTS) is 1. The van der Waals surface area contributed by atoms with Crippen molar-refractivity contribution < 1.29 is 72.8 Å². The summed E-state index contributed by atoms with van der Waals surface area (Å²) in [6.45, 7) is 10.6. The molecule has 1 N–H and O–H groups in total. The third kappa shape index (κ3) is 6.99. The van der Waals surface area contributed by atoms with E-state index in [0.29, 0.717) is 23.1 Å². The molecule has 1 saturated heterocycles. The summed E-state index contributed by atoms with van der Waals surface area (Å²) < 4.78 is 22.2. The van der Waals surface area contributed by atoms with Gasteiger partial charge < -0.3 is 34.2 Å². The first-order chi connectivity index (χ1) is 19.3. The molecule has 0 spiro atoms. The van der Waals surface area contributed by atoms with Crippen LogP contribution < -0.4 is 49.5 Å². The standard InChI is InChI=1S/C29H35N3O9.Na/c1-7-16-14-29(16,26(36)39-8-2)31-24(33)22-12-18(15-32(22)27(37)41-28(3,4)5)40-23-13-21(25(34)35)30-20-11-17(38-6)9-10-19(20)23;/h7,9-11,13,16,18,22H,1,8,12,14-15H2,2-6H3,(H,31,33)(H,34,35);/q;+1/p-1. The Kier molecular flexibility index (Phi) is 10.2. The Morgan fingerprint density at radius 2 is 1.95 bits per heavy atom. The zero-order valence-corrected chi connectivity index (χ0v) is 26.7. The van der Waals surface area contributed by atoms with Crippen LogP contribution in [0.2, 0.25) is 0 Å².